The second-order valence-corrected chi connectivity index (χ2v) is 9.87. The van der Waals surface area contributed by atoms with Gasteiger partial charge in [0.2, 0.25) is 0 Å². The number of carboxylic acid groups (broad SMARTS) is 1. The molecule has 0 unspecified atom stereocenters. The van der Waals surface area contributed by atoms with E-state index in [0.717, 1.165) is 42.5 Å². The van der Waals surface area contributed by atoms with Crippen molar-refractivity contribution < 1.29 is 45.7 Å². The molecule has 0 aliphatic rings. The fourth-order valence-corrected chi connectivity index (χ4v) is 4.63. The smallest absolute Gasteiger partial charge is 0.335 e. The first-order valence-electron chi connectivity index (χ1n) is 13.1. The fraction of sp³-hybridized carbons (Fsp3) is 0.194. The summed E-state index contributed by atoms with van der Waals surface area (Å²) in [6.07, 6.45) is -0.298. The van der Waals surface area contributed by atoms with E-state index in [4.69, 9.17) is 9.47 Å². The van der Waals surface area contributed by atoms with Gasteiger partial charge >= 0.3 is 5.97 Å². The minimum Gasteiger partial charge on any atom is -0.478 e. The van der Waals surface area contributed by atoms with Crippen LogP contribution in [-0.2, 0) is 24.3 Å². The lowest BCUT2D eigenvalue weighted by Gasteiger charge is -2.12. The molecule has 228 valence electrons. The Kier molecular flexibility index (Phi) is 8.59. The fourth-order valence-electron chi connectivity index (χ4n) is 4.63. The van der Waals surface area contributed by atoms with E-state index in [2.05, 4.69) is 9.97 Å². The molecule has 0 aliphatic heterocycles. The van der Waals surface area contributed by atoms with Crippen LogP contribution in [0.3, 0.4) is 0 Å². The molecular formula is C31H23F6N3O4. The molecule has 1 N–H and O–H groups in total. The number of methoxy groups -OCH3 is 1. The topological polar surface area (TPSA) is 86.5 Å². The van der Waals surface area contributed by atoms with Gasteiger partial charge in [-0.15, -0.1) is 0 Å². The average molecular weight is 616 g/mol. The molecule has 0 atom stereocenters. The predicted molar refractivity (Wildman–Crippen MR) is 146 cm³/mol. The van der Waals surface area contributed by atoms with E-state index >= 15 is 8.78 Å². The standard InChI is InChI=1S/C31H23F6N3O4/c1-15-7-22(34)18(10-21(15)33)14-44-30-20(32)3-4-26(38-30)19-13-23(35)16(8-24(19)36)12-28-39-29-25(37)9-17(31(41)42)11-27(29)40(28)5-6-43-2/h3-4,7-11,13H,5-6,12,14H2,1-2H3,(H,41,42). The van der Waals surface area contributed by atoms with Gasteiger partial charge in [-0.1, -0.05) is 0 Å². The number of carboxylic acids is 1. The van der Waals surface area contributed by atoms with Crippen LogP contribution in [0.1, 0.15) is 32.9 Å². The molecule has 13 heteroatoms. The SMILES string of the molecule is COCCn1c(Cc2cc(F)c(-c3ccc(F)c(OCc4cc(F)c(C)cc4F)n3)cc2F)nc2c(F)cc(C(=O)O)cc21. The van der Waals surface area contributed by atoms with Crippen LogP contribution in [0.4, 0.5) is 26.3 Å². The van der Waals surface area contributed by atoms with Crippen LogP contribution in [0, 0.1) is 41.8 Å². The van der Waals surface area contributed by atoms with Crippen molar-refractivity contribution in [3.05, 3.63) is 112 Å². The van der Waals surface area contributed by atoms with Crippen molar-refractivity contribution in [2.75, 3.05) is 13.7 Å². The summed E-state index contributed by atoms with van der Waals surface area (Å²) in [5, 5.41) is 9.33. The van der Waals surface area contributed by atoms with Crippen LogP contribution in [0.2, 0.25) is 0 Å². The molecular weight excluding hydrogens is 592 g/mol. The zero-order chi connectivity index (χ0) is 31.7. The van der Waals surface area contributed by atoms with E-state index in [1.165, 1.54) is 24.7 Å². The number of hydrogen-bond donors (Lipinski definition) is 1. The third-order valence-corrected chi connectivity index (χ3v) is 6.92. The first-order valence-corrected chi connectivity index (χ1v) is 13.1. The normalized spacial score (nSPS) is 11.4. The van der Waals surface area contributed by atoms with Gasteiger partial charge in [0, 0.05) is 31.2 Å². The lowest BCUT2D eigenvalue weighted by atomic mass is 10.0. The van der Waals surface area contributed by atoms with Crippen LogP contribution in [0.15, 0.2) is 48.5 Å². The van der Waals surface area contributed by atoms with E-state index in [1.807, 2.05) is 0 Å². The number of ether oxygens (including phenoxy) is 2. The molecule has 44 heavy (non-hydrogen) atoms. The predicted octanol–water partition coefficient (Wildman–Crippen LogP) is 6.76. The third kappa shape index (κ3) is 6.09. The Morgan fingerprint density at radius 1 is 0.841 bits per heavy atom. The molecule has 0 fully saturated rings. The number of halogens is 6. The largest absolute Gasteiger partial charge is 0.478 e. The maximum absolute atomic E-state index is 15.4. The van der Waals surface area contributed by atoms with Gasteiger partial charge in [-0.3, -0.25) is 0 Å². The van der Waals surface area contributed by atoms with Crippen molar-refractivity contribution in [2.24, 2.45) is 0 Å². The molecule has 0 spiro atoms. The van der Waals surface area contributed by atoms with E-state index < -0.39 is 53.4 Å². The zero-order valence-corrected chi connectivity index (χ0v) is 23.2. The Morgan fingerprint density at radius 2 is 1.57 bits per heavy atom. The third-order valence-electron chi connectivity index (χ3n) is 6.92. The molecule has 0 amide bonds. The van der Waals surface area contributed by atoms with Crippen LogP contribution in [0.5, 0.6) is 5.88 Å². The average Bonchev–Trinajstić information content (AvgIpc) is 3.33. The number of carbonyl (C=O) groups is 1. The van der Waals surface area contributed by atoms with Gasteiger partial charge in [-0.2, -0.15) is 0 Å². The molecule has 0 saturated heterocycles. The first kappa shape index (κ1) is 30.5. The Bertz CT molecular complexity index is 1910. The second kappa shape index (κ2) is 12.4. The number of pyridine rings is 1. The molecule has 0 saturated carbocycles. The highest BCUT2D eigenvalue weighted by Gasteiger charge is 2.21. The Hall–Kier alpha value is -4.91. The number of nitrogens with zero attached hydrogens (tertiary/aromatic N) is 3. The quantitative estimate of drug-likeness (QED) is 0.175. The Morgan fingerprint density at radius 3 is 2.30 bits per heavy atom. The van der Waals surface area contributed by atoms with E-state index in [1.54, 1.807) is 0 Å². The highest BCUT2D eigenvalue weighted by Crippen LogP contribution is 2.30. The number of aryl methyl sites for hydroxylation is 1. The van der Waals surface area contributed by atoms with Crippen molar-refractivity contribution >= 4 is 17.0 Å². The minimum atomic E-state index is -1.35. The summed E-state index contributed by atoms with van der Waals surface area (Å²) >= 11 is 0. The number of rotatable bonds is 10. The molecule has 3 aromatic carbocycles. The summed E-state index contributed by atoms with van der Waals surface area (Å²) < 4.78 is 99.7. The number of aromatic carboxylic acids is 1. The molecule has 5 rings (SSSR count). The summed E-state index contributed by atoms with van der Waals surface area (Å²) in [6, 6.07) is 7.66. The molecule has 0 bridgehead atoms. The minimum absolute atomic E-state index is 0.0743. The lowest BCUT2D eigenvalue weighted by molar-refractivity contribution is 0.0696. The molecule has 0 radical (unpaired) electrons. The summed E-state index contributed by atoms with van der Waals surface area (Å²) in [5.74, 6) is -7.00. The number of imidazole rings is 1. The zero-order valence-electron chi connectivity index (χ0n) is 23.2. The van der Waals surface area contributed by atoms with Crippen molar-refractivity contribution in [3.63, 3.8) is 0 Å². The van der Waals surface area contributed by atoms with Crippen molar-refractivity contribution in [2.45, 2.75) is 26.5 Å². The lowest BCUT2D eigenvalue weighted by Crippen LogP contribution is -2.10. The highest BCUT2D eigenvalue weighted by molar-refractivity contribution is 5.92. The van der Waals surface area contributed by atoms with E-state index in [9.17, 15) is 27.5 Å². The second-order valence-electron chi connectivity index (χ2n) is 9.87. The van der Waals surface area contributed by atoms with E-state index in [-0.39, 0.29) is 69.9 Å². The first-order chi connectivity index (χ1) is 21.0. The number of hydrogen-bond acceptors (Lipinski definition) is 5. The van der Waals surface area contributed by atoms with Gasteiger partial charge in [-0.05, 0) is 66.6 Å². The number of aromatic nitrogens is 3. The monoisotopic (exact) mass is 615 g/mol. The summed E-state index contributed by atoms with van der Waals surface area (Å²) in [7, 11) is 1.43. The van der Waals surface area contributed by atoms with Crippen LogP contribution in [-0.4, -0.2) is 39.3 Å². The van der Waals surface area contributed by atoms with Crippen molar-refractivity contribution in [3.8, 4) is 17.1 Å². The summed E-state index contributed by atoms with van der Waals surface area (Å²) in [4.78, 5) is 19.6. The number of fused-ring (bicyclic) bond motifs is 1. The van der Waals surface area contributed by atoms with Gasteiger partial charge in [0.1, 0.15) is 41.2 Å². The summed E-state index contributed by atoms with van der Waals surface area (Å²) in [5.41, 5.74) is -1.13. The molecule has 2 aromatic heterocycles. The number of benzene rings is 3. The molecule has 2 heterocycles. The van der Waals surface area contributed by atoms with Gasteiger partial charge < -0.3 is 19.1 Å². The summed E-state index contributed by atoms with van der Waals surface area (Å²) in [6.45, 7) is 1.06. The van der Waals surface area contributed by atoms with Crippen molar-refractivity contribution in [1.82, 2.24) is 14.5 Å². The van der Waals surface area contributed by atoms with Gasteiger partial charge in [0.25, 0.3) is 5.88 Å². The van der Waals surface area contributed by atoms with Gasteiger partial charge in [0.15, 0.2) is 11.6 Å². The molecule has 0 aliphatic carbocycles. The van der Waals surface area contributed by atoms with Crippen molar-refractivity contribution in [1.29, 1.82) is 0 Å². The Balaban J connectivity index is 1.45. The van der Waals surface area contributed by atoms with Gasteiger partial charge in [0.05, 0.1) is 23.4 Å². The Labute approximate surface area is 246 Å². The van der Waals surface area contributed by atoms with Gasteiger partial charge in [-0.25, -0.2) is 41.1 Å². The molecule has 5 aromatic rings. The van der Waals surface area contributed by atoms with Crippen LogP contribution < -0.4 is 4.74 Å². The van der Waals surface area contributed by atoms with E-state index in [0.29, 0.717) is 0 Å². The maximum atomic E-state index is 15.4. The highest BCUT2D eigenvalue weighted by atomic mass is 19.1. The van der Waals surface area contributed by atoms with Crippen LogP contribution >= 0.6 is 0 Å². The van der Waals surface area contributed by atoms with Crippen LogP contribution in [0.25, 0.3) is 22.3 Å². The maximum Gasteiger partial charge on any atom is 0.335 e. The molecule has 7 nitrogen and oxygen atoms in total.